The van der Waals surface area contributed by atoms with E-state index >= 15 is 0 Å². The lowest BCUT2D eigenvalue weighted by Gasteiger charge is -2.27. The quantitative estimate of drug-likeness (QED) is 0.766. The third-order valence-electron chi connectivity index (χ3n) is 2.54. The van der Waals surface area contributed by atoms with E-state index in [-0.39, 0.29) is 0 Å². The van der Waals surface area contributed by atoms with Gasteiger partial charge in [0.15, 0.2) is 17.4 Å². The molecule has 1 aliphatic rings. The van der Waals surface area contributed by atoms with Gasteiger partial charge in [-0.25, -0.2) is 8.78 Å². The van der Waals surface area contributed by atoms with E-state index in [9.17, 15) is 8.78 Å². The smallest absolute Gasteiger partial charge is 0.196 e. The highest BCUT2D eigenvalue weighted by Gasteiger charge is 2.38. The maximum Gasteiger partial charge on any atom is 0.196 e. The molecule has 0 radical (unpaired) electrons. The summed E-state index contributed by atoms with van der Waals surface area (Å²) >= 11 is 5.66. The molecule has 0 N–H and O–H groups in total. The first-order valence-corrected chi connectivity index (χ1v) is 5.51. The minimum atomic E-state index is -1.02. The molecule has 2 nitrogen and oxygen atoms in total. The van der Waals surface area contributed by atoms with E-state index in [1.807, 2.05) is 0 Å². The first kappa shape index (κ1) is 11.8. The monoisotopic (exact) mass is 248 g/mol. The summed E-state index contributed by atoms with van der Waals surface area (Å²) in [5.74, 6) is -2.50. The van der Waals surface area contributed by atoms with Crippen LogP contribution in [0.1, 0.15) is 12.0 Å². The number of hydrogen-bond donors (Lipinski definition) is 0. The van der Waals surface area contributed by atoms with Crippen LogP contribution in [0.15, 0.2) is 18.2 Å². The predicted octanol–water partition coefficient (Wildman–Crippen LogP) is 2.79. The van der Waals surface area contributed by atoms with E-state index in [1.165, 1.54) is 6.07 Å². The number of benzene rings is 1. The van der Waals surface area contributed by atoms with Gasteiger partial charge in [0.2, 0.25) is 0 Å². The van der Waals surface area contributed by atoms with E-state index < -0.39 is 17.4 Å². The van der Waals surface area contributed by atoms with Gasteiger partial charge in [0.1, 0.15) is 0 Å². The van der Waals surface area contributed by atoms with E-state index in [0.717, 1.165) is 12.1 Å². The van der Waals surface area contributed by atoms with E-state index in [4.69, 9.17) is 21.1 Å². The predicted molar refractivity (Wildman–Crippen MR) is 55.3 cm³/mol. The van der Waals surface area contributed by atoms with Crippen molar-refractivity contribution in [1.82, 2.24) is 0 Å². The third-order valence-corrected chi connectivity index (χ3v) is 2.73. The molecule has 1 aromatic carbocycles. The van der Waals surface area contributed by atoms with Gasteiger partial charge in [-0.3, -0.25) is 0 Å². The van der Waals surface area contributed by atoms with Gasteiger partial charge in [0, 0.05) is 17.9 Å². The van der Waals surface area contributed by atoms with Crippen molar-refractivity contribution in [3.05, 3.63) is 35.4 Å². The minimum Gasteiger partial charge on any atom is -0.343 e. The Morgan fingerprint density at radius 2 is 1.88 bits per heavy atom. The lowest BCUT2D eigenvalue weighted by Crippen LogP contribution is -2.28. The van der Waals surface area contributed by atoms with Crippen molar-refractivity contribution in [3.63, 3.8) is 0 Å². The van der Waals surface area contributed by atoms with E-state index in [1.54, 1.807) is 0 Å². The molecule has 5 heteroatoms. The molecule has 0 saturated carbocycles. The second-order valence-electron chi connectivity index (χ2n) is 3.52. The van der Waals surface area contributed by atoms with Crippen LogP contribution in [-0.4, -0.2) is 19.1 Å². The van der Waals surface area contributed by atoms with Crippen LogP contribution in [0.4, 0.5) is 8.78 Å². The van der Waals surface area contributed by atoms with Crippen molar-refractivity contribution in [2.45, 2.75) is 12.2 Å². The van der Waals surface area contributed by atoms with Gasteiger partial charge in [-0.2, -0.15) is 0 Å². The average molecular weight is 249 g/mol. The van der Waals surface area contributed by atoms with Gasteiger partial charge in [-0.15, -0.1) is 11.6 Å². The van der Waals surface area contributed by atoms with Gasteiger partial charge >= 0.3 is 0 Å². The van der Waals surface area contributed by atoms with Crippen LogP contribution in [0.5, 0.6) is 0 Å². The summed E-state index contributed by atoms with van der Waals surface area (Å²) in [7, 11) is 0. The Morgan fingerprint density at radius 1 is 1.19 bits per heavy atom. The largest absolute Gasteiger partial charge is 0.343 e. The molecule has 0 atom stereocenters. The van der Waals surface area contributed by atoms with Gasteiger partial charge in [0.25, 0.3) is 0 Å². The molecule has 1 heterocycles. The van der Waals surface area contributed by atoms with Gasteiger partial charge in [-0.1, -0.05) is 6.07 Å². The fourth-order valence-corrected chi connectivity index (χ4v) is 2.02. The number of halogens is 3. The first-order valence-electron chi connectivity index (χ1n) is 4.97. The zero-order chi connectivity index (χ0) is 11.6. The van der Waals surface area contributed by atoms with Crippen LogP contribution in [0.3, 0.4) is 0 Å². The molecule has 0 aromatic heterocycles. The fraction of sp³-hybridized carbons (Fsp3) is 0.455. The Labute approximate surface area is 97.1 Å². The maximum absolute atomic E-state index is 13.1. The van der Waals surface area contributed by atoms with Crippen LogP contribution in [0, 0.1) is 11.6 Å². The average Bonchev–Trinajstić information content (AvgIpc) is 2.72. The summed E-state index contributed by atoms with van der Waals surface area (Å²) in [6, 6.07) is 3.61. The molecule has 88 valence electrons. The molecule has 0 amide bonds. The van der Waals surface area contributed by atoms with Crippen molar-refractivity contribution >= 4 is 11.6 Å². The van der Waals surface area contributed by atoms with Gasteiger partial charge in [-0.05, 0) is 12.1 Å². The fourth-order valence-electron chi connectivity index (χ4n) is 1.77. The summed E-state index contributed by atoms with van der Waals surface area (Å²) in [4.78, 5) is 0. The van der Waals surface area contributed by atoms with Crippen LogP contribution in [-0.2, 0) is 15.3 Å². The Bertz CT molecular complexity index is 378. The number of rotatable bonds is 3. The molecule has 2 rings (SSSR count). The Balaban J connectivity index is 2.35. The van der Waals surface area contributed by atoms with Crippen LogP contribution >= 0.6 is 11.6 Å². The van der Waals surface area contributed by atoms with Crippen LogP contribution < -0.4 is 0 Å². The number of ether oxygens (including phenoxy) is 2. The lowest BCUT2D eigenvalue weighted by atomic mass is 10.0. The van der Waals surface area contributed by atoms with E-state index in [0.29, 0.717) is 31.1 Å². The number of alkyl halides is 1. The van der Waals surface area contributed by atoms with Gasteiger partial charge < -0.3 is 9.47 Å². The molecule has 1 fully saturated rings. The summed E-state index contributed by atoms with van der Waals surface area (Å²) in [5.41, 5.74) is 0.463. The van der Waals surface area contributed by atoms with Crippen molar-refractivity contribution in [2.24, 2.45) is 0 Å². The molecule has 1 aliphatic heterocycles. The van der Waals surface area contributed by atoms with Gasteiger partial charge in [0.05, 0.1) is 13.2 Å². The highest BCUT2D eigenvalue weighted by Crippen LogP contribution is 2.35. The molecule has 0 unspecified atom stereocenters. The zero-order valence-corrected chi connectivity index (χ0v) is 9.27. The Hall–Kier alpha value is -0.710. The van der Waals surface area contributed by atoms with Crippen molar-refractivity contribution < 1.29 is 18.3 Å². The topological polar surface area (TPSA) is 18.5 Å². The molecule has 1 aromatic rings. The molecular formula is C11H11ClF2O2. The molecule has 0 spiro atoms. The molecular weight excluding hydrogens is 238 g/mol. The second kappa shape index (κ2) is 4.65. The Kier molecular flexibility index (Phi) is 3.42. The zero-order valence-electron chi connectivity index (χ0n) is 8.51. The minimum absolute atomic E-state index is 0.318. The SMILES string of the molecule is Fc1ccc(C2(CCCl)OCCO2)cc1F. The van der Waals surface area contributed by atoms with Crippen LogP contribution in [0.25, 0.3) is 0 Å². The standard InChI is InChI=1S/C11H11ClF2O2/c12-4-3-11(15-5-6-16-11)8-1-2-9(13)10(14)7-8/h1-2,7H,3-6H2. The molecule has 0 aliphatic carbocycles. The maximum atomic E-state index is 13.1. The number of hydrogen-bond acceptors (Lipinski definition) is 2. The van der Waals surface area contributed by atoms with E-state index in [2.05, 4.69) is 0 Å². The summed E-state index contributed by atoms with van der Waals surface area (Å²) < 4.78 is 36.9. The normalized spacial score (nSPS) is 18.9. The third kappa shape index (κ3) is 2.05. The highest BCUT2D eigenvalue weighted by atomic mass is 35.5. The van der Waals surface area contributed by atoms with Crippen LogP contribution in [0.2, 0.25) is 0 Å². The summed E-state index contributed by atoms with van der Waals surface area (Å²) in [6.45, 7) is 0.853. The first-order chi connectivity index (χ1) is 7.68. The second-order valence-corrected chi connectivity index (χ2v) is 3.90. The molecule has 0 bridgehead atoms. The lowest BCUT2D eigenvalue weighted by molar-refractivity contribution is -0.167. The van der Waals surface area contributed by atoms with Crippen molar-refractivity contribution in [3.8, 4) is 0 Å². The van der Waals surface area contributed by atoms with Crippen molar-refractivity contribution in [1.29, 1.82) is 0 Å². The Morgan fingerprint density at radius 3 is 2.44 bits per heavy atom. The van der Waals surface area contributed by atoms with Crippen molar-refractivity contribution in [2.75, 3.05) is 19.1 Å². The summed E-state index contributed by atoms with van der Waals surface area (Å²) in [5, 5.41) is 0. The summed E-state index contributed by atoms with van der Waals surface area (Å²) in [6.07, 6.45) is 0.402. The molecule has 1 saturated heterocycles. The highest BCUT2D eigenvalue weighted by molar-refractivity contribution is 6.17. The molecule has 16 heavy (non-hydrogen) atoms.